The van der Waals surface area contributed by atoms with Crippen LogP contribution in [0, 0.1) is 0 Å². The molecule has 90 valence electrons. The maximum absolute atomic E-state index is 12.2. The summed E-state index contributed by atoms with van der Waals surface area (Å²) in [6.45, 7) is 0. The third-order valence-corrected chi connectivity index (χ3v) is 2.82. The van der Waals surface area contributed by atoms with Crippen LogP contribution in [0.25, 0.3) is 0 Å². The van der Waals surface area contributed by atoms with Crippen molar-refractivity contribution in [1.29, 1.82) is 0 Å². The van der Waals surface area contributed by atoms with Crippen molar-refractivity contribution >= 4 is 23.4 Å². The molecule has 0 aliphatic carbocycles. The summed E-state index contributed by atoms with van der Waals surface area (Å²) < 4.78 is 0. The number of carbonyl (C=O) groups is 2. The fourth-order valence-corrected chi connectivity index (χ4v) is 1.78. The van der Waals surface area contributed by atoms with Crippen LogP contribution in [0.5, 0.6) is 0 Å². The van der Waals surface area contributed by atoms with E-state index >= 15 is 0 Å². The van der Waals surface area contributed by atoms with Gasteiger partial charge in [-0.05, 0) is 18.2 Å². The number of hydrogen-bond acceptors (Lipinski definition) is 2. The second-order valence-electron chi connectivity index (χ2n) is 3.69. The Morgan fingerprint density at radius 2 is 1.61 bits per heavy atom. The van der Waals surface area contributed by atoms with Crippen LogP contribution in [0.3, 0.4) is 0 Å². The van der Waals surface area contributed by atoms with Gasteiger partial charge in [-0.1, -0.05) is 41.9 Å². The highest BCUT2D eigenvalue weighted by atomic mass is 35.5. The normalized spacial score (nSPS) is 10.1. The van der Waals surface area contributed by atoms with Gasteiger partial charge in [0.25, 0.3) is 0 Å². The molecular formula is C14H9ClO3. The SMILES string of the molecule is O=C(O)c1ccc(Cl)c(C(=O)c2ccccc2)c1. The minimum Gasteiger partial charge on any atom is -0.478 e. The number of halogens is 1. The number of ketones is 1. The third kappa shape index (κ3) is 2.41. The van der Waals surface area contributed by atoms with Gasteiger partial charge in [0.15, 0.2) is 5.78 Å². The Morgan fingerprint density at radius 3 is 2.22 bits per heavy atom. The molecule has 2 aromatic rings. The van der Waals surface area contributed by atoms with Crippen molar-refractivity contribution in [3.8, 4) is 0 Å². The van der Waals surface area contributed by atoms with Gasteiger partial charge < -0.3 is 5.11 Å². The van der Waals surface area contributed by atoms with Crippen molar-refractivity contribution in [2.45, 2.75) is 0 Å². The van der Waals surface area contributed by atoms with E-state index in [0.717, 1.165) is 0 Å². The van der Waals surface area contributed by atoms with Gasteiger partial charge in [-0.25, -0.2) is 4.79 Å². The molecule has 0 heterocycles. The van der Waals surface area contributed by atoms with Crippen LogP contribution in [-0.4, -0.2) is 16.9 Å². The van der Waals surface area contributed by atoms with Gasteiger partial charge in [0.2, 0.25) is 0 Å². The molecule has 1 N–H and O–H groups in total. The number of hydrogen-bond donors (Lipinski definition) is 1. The number of carboxylic acid groups (broad SMARTS) is 1. The highest BCUT2D eigenvalue weighted by molar-refractivity contribution is 6.35. The van der Waals surface area contributed by atoms with E-state index in [0.29, 0.717) is 5.56 Å². The molecule has 0 atom stereocenters. The summed E-state index contributed by atoms with van der Waals surface area (Å²) in [7, 11) is 0. The van der Waals surface area contributed by atoms with Crippen molar-refractivity contribution in [2.75, 3.05) is 0 Å². The van der Waals surface area contributed by atoms with Crippen LogP contribution < -0.4 is 0 Å². The summed E-state index contributed by atoms with van der Waals surface area (Å²) >= 11 is 5.93. The zero-order chi connectivity index (χ0) is 13.1. The average molecular weight is 261 g/mol. The molecule has 0 aromatic heterocycles. The molecule has 4 heteroatoms. The first kappa shape index (κ1) is 12.3. The van der Waals surface area contributed by atoms with Crippen LogP contribution in [0.15, 0.2) is 48.5 Å². The second kappa shape index (κ2) is 5.02. The summed E-state index contributed by atoms with van der Waals surface area (Å²) in [5, 5.41) is 9.14. The summed E-state index contributed by atoms with van der Waals surface area (Å²) in [6, 6.07) is 12.7. The van der Waals surface area contributed by atoms with Gasteiger partial charge in [0, 0.05) is 11.1 Å². The maximum atomic E-state index is 12.2. The lowest BCUT2D eigenvalue weighted by Gasteiger charge is -2.05. The quantitative estimate of drug-likeness (QED) is 0.862. The summed E-state index contributed by atoms with van der Waals surface area (Å²) in [5.74, 6) is -1.38. The molecule has 0 aliphatic heterocycles. The predicted octanol–water partition coefficient (Wildman–Crippen LogP) is 3.27. The number of carbonyl (C=O) groups excluding carboxylic acids is 1. The summed E-state index contributed by atoms with van der Waals surface area (Å²) in [5.41, 5.74) is 0.711. The van der Waals surface area contributed by atoms with Crippen LogP contribution in [0.1, 0.15) is 26.3 Å². The van der Waals surface area contributed by atoms with E-state index in [-0.39, 0.29) is 21.9 Å². The number of aromatic carboxylic acids is 1. The minimum atomic E-state index is -1.09. The fraction of sp³-hybridized carbons (Fsp3) is 0. The Kier molecular flexibility index (Phi) is 3.44. The van der Waals surface area contributed by atoms with E-state index < -0.39 is 5.97 Å². The molecule has 0 radical (unpaired) electrons. The molecule has 2 aromatic carbocycles. The molecule has 0 spiro atoms. The van der Waals surface area contributed by atoms with Crippen molar-refractivity contribution in [2.24, 2.45) is 0 Å². The van der Waals surface area contributed by atoms with Crippen LogP contribution in [0.2, 0.25) is 5.02 Å². The van der Waals surface area contributed by atoms with E-state index in [1.54, 1.807) is 30.3 Å². The Labute approximate surface area is 109 Å². The zero-order valence-corrected chi connectivity index (χ0v) is 10.0. The van der Waals surface area contributed by atoms with Crippen LogP contribution in [-0.2, 0) is 0 Å². The lowest BCUT2D eigenvalue weighted by molar-refractivity contribution is 0.0697. The summed E-state index contributed by atoms with van der Waals surface area (Å²) in [4.78, 5) is 23.0. The Hall–Kier alpha value is -2.13. The van der Waals surface area contributed by atoms with Gasteiger partial charge in [0.1, 0.15) is 0 Å². The van der Waals surface area contributed by atoms with Gasteiger partial charge >= 0.3 is 5.97 Å². The lowest BCUT2D eigenvalue weighted by atomic mass is 10.0. The van der Waals surface area contributed by atoms with Crippen molar-refractivity contribution in [3.63, 3.8) is 0 Å². The maximum Gasteiger partial charge on any atom is 0.335 e. The summed E-state index contributed by atoms with van der Waals surface area (Å²) in [6.07, 6.45) is 0. The van der Waals surface area contributed by atoms with E-state index in [2.05, 4.69) is 0 Å². The topological polar surface area (TPSA) is 54.4 Å². The number of rotatable bonds is 3. The Bertz CT molecular complexity index is 606. The van der Waals surface area contributed by atoms with E-state index in [1.165, 1.54) is 18.2 Å². The standard InChI is InChI=1S/C14H9ClO3/c15-12-7-6-10(14(17)18)8-11(12)13(16)9-4-2-1-3-5-9/h1-8H,(H,17,18). The highest BCUT2D eigenvalue weighted by Crippen LogP contribution is 2.21. The second-order valence-corrected chi connectivity index (χ2v) is 4.10. The Balaban J connectivity index is 2.48. The van der Waals surface area contributed by atoms with Crippen molar-refractivity contribution < 1.29 is 14.7 Å². The minimum absolute atomic E-state index is 0.0404. The molecule has 0 fully saturated rings. The van der Waals surface area contributed by atoms with Crippen LogP contribution in [0.4, 0.5) is 0 Å². The molecule has 0 saturated heterocycles. The fourth-order valence-electron chi connectivity index (χ4n) is 1.58. The molecule has 0 amide bonds. The molecule has 18 heavy (non-hydrogen) atoms. The first-order valence-electron chi connectivity index (χ1n) is 5.22. The van der Waals surface area contributed by atoms with E-state index in [9.17, 15) is 9.59 Å². The molecular weight excluding hydrogens is 252 g/mol. The van der Waals surface area contributed by atoms with E-state index in [1.807, 2.05) is 0 Å². The van der Waals surface area contributed by atoms with Crippen molar-refractivity contribution in [1.82, 2.24) is 0 Å². The van der Waals surface area contributed by atoms with Gasteiger partial charge in [0.05, 0.1) is 10.6 Å². The predicted molar refractivity (Wildman–Crippen MR) is 68.3 cm³/mol. The van der Waals surface area contributed by atoms with Crippen molar-refractivity contribution in [3.05, 3.63) is 70.2 Å². The molecule has 0 saturated carbocycles. The zero-order valence-electron chi connectivity index (χ0n) is 9.26. The van der Waals surface area contributed by atoms with Gasteiger partial charge in [-0.15, -0.1) is 0 Å². The largest absolute Gasteiger partial charge is 0.478 e. The number of benzene rings is 2. The monoisotopic (exact) mass is 260 g/mol. The Morgan fingerprint density at radius 1 is 0.944 bits per heavy atom. The van der Waals surface area contributed by atoms with Gasteiger partial charge in [-0.2, -0.15) is 0 Å². The third-order valence-electron chi connectivity index (χ3n) is 2.49. The number of carboxylic acids is 1. The highest BCUT2D eigenvalue weighted by Gasteiger charge is 2.15. The van der Waals surface area contributed by atoms with Crippen LogP contribution >= 0.6 is 11.6 Å². The molecule has 0 bridgehead atoms. The smallest absolute Gasteiger partial charge is 0.335 e. The lowest BCUT2D eigenvalue weighted by Crippen LogP contribution is -2.05. The van der Waals surface area contributed by atoms with Gasteiger partial charge in [-0.3, -0.25) is 4.79 Å². The van der Waals surface area contributed by atoms with E-state index in [4.69, 9.17) is 16.7 Å². The first-order valence-corrected chi connectivity index (χ1v) is 5.60. The molecule has 3 nitrogen and oxygen atoms in total. The average Bonchev–Trinajstić information content (AvgIpc) is 2.39. The molecule has 0 unspecified atom stereocenters. The first-order chi connectivity index (χ1) is 8.59. The molecule has 2 rings (SSSR count). The molecule has 0 aliphatic rings.